The molecule has 1 fully saturated rings. The molecule has 1 saturated heterocycles. The summed E-state index contributed by atoms with van der Waals surface area (Å²) in [6, 6.07) is 15.1. The van der Waals surface area contributed by atoms with Gasteiger partial charge in [-0.1, -0.05) is 0 Å². The molecule has 0 N–H and O–H groups in total. The molecular formula is C25H27FN4O4. The maximum absolute atomic E-state index is 13.1. The maximum Gasteiger partial charge on any atom is 0.263 e. The molecule has 1 aliphatic rings. The van der Waals surface area contributed by atoms with E-state index >= 15 is 0 Å². The van der Waals surface area contributed by atoms with E-state index in [0.717, 1.165) is 17.1 Å². The molecule has 1 amide bonds. The number of nitrogens with zero attached hydrogens (tertiary/aromatic N) is 4. The summed E-state index contributed by atoms with van der Waals surface area (Å²) in [7, 11) is 3.19. The van der Waals surface area contributed by atoms with Crippen LogP contribution in [0.25, 0.3) is 11.3 Å². The predicted molar refractivity (Wildman–Crippen MR) is 126 cm³/mol. The summed E-state index contributed by atoms with van der Waals surface area (Å²) in [5.74, 6) is 2.06. The van der Waals surface area contributed by atoms with E-state index in [1.54, 1.807) is 26.0 Å². The second-order valence-electron chi connectivity index (χ2n) is 7.87. The van der Waals surface area contributed by atoms with Crippen LogP contribution in [0.1, 0.15) is 6.92 Å². The summed E-state index contributed by atoms with van der Waals surface area (Å²) >= 11 is 0. The topological polar surface area (TPSA) is 77.0 Å². The standard InChI is InChI=1S/C25H27FN4O4/c1-17(34-20-7-5-19(26)6-8-20)25(31)30-14-12-29(13-15-30)24-11-9-21(27-28-24)18-4-10-22(32-2)23(16-18)33-3/h4-11,16-17H,12-15H2,1-3H3. The van der Waals surface area contributed by atoms with Crippen LogP contribution in [0, 0.1) is 5.82 Å². The summed E-state index contributed by atoms with van der Waals surface area (Å²) in [5.41, 5.74) is 1.60. The van der Waals surface area contributed by atoms with Crippen LogP contribution in [-0.4, -0.2) is 67.5 Å². The molecule has 0 spiro atoms. The Labute approximate surface area is 197 Å². The molecule has 2 heterocycles. The first-order valence-corrected chi connectivity index (χ1v) is 11.0. The largest absolute Gasteiger partial charge is 0.493 e. The van der Waals surface area contributed by atoms with E-state index in [0.29, 0.717) is 43.4 Å². The number of anilines is 1. The van der Waals surface area contributed by atoms with Gasteiger partial charge in [-0.3, -0.25) is 4.79 Å². The highest BCUT2D eigenvalue weighted by Gasteiger charge is 2.26. The van der Waals surface area contributed by atoms with Crippen molar-refractivity contribution in [3.05, 3.63) is 60.4 Å². The minimum atomic E-state index is -0.655. The number of carbonyl (C=O) groups excluding carboxylic acids is 1. The summed E-state index contributed by atoms with van der Waals surface area (Å²) in [4.78, 5) is 16.6. The molecule has 1 unspecified atom stereocenters. The Balaban J connectivity index is 1.34. The lowest BCUT2D eigenvalue weighted by Crippen LogP contribution is -2.52. The summed E-state index contributed by atoms with van der Waals surface area (Å²) in [6.07, 6.45) is -0.655. The van der Waals surface area contributed by atoms with Gasteiger partial charge in [0.2, 0.25) is 0 Å². The van der Waals surface area contributed by atoms with Crippen LogP contribution in [0.3, 0.4) is 0 Å². The second-order valence-corrected chi connectivity index (χ2v) is 7.87. The van der Waals surface area contributed by atoms with Crippen molar-refractivity contribution in [2.24, 2.45) is 0 Å². The van der Waals surface area contributed by atoms with Gasteiger partial charge in [0.05, 0.1) is 19.9 Å². The molecule has 9 heteroatoms. The van der Waals surface area contributed by atoms with Crippen molar-refractivity contribution in [2.75, 3.05) is 45.3 Å². The Morgan fingerprint density at radius 1 is 0.912 bits per heavy atom. The zero-order chi connectivity index (χ0) is 24.1. The predicted octanol–water partition coefficient (Wildman–Crippen LogP) is 3.42. The first-order chi connectivity index (χ1) is 16.5. The monoisotopic (exact) mass is 466 g/mol. The van der Waals surface area contributed by atoms with E-state index in [1.165, 1.54) is 24.3 Å². The Bertz CT molecular complexity index is 1120. The molecular weight excluding hydrogens is 439 g/mol. The number of rotatable bonds is 7. The van der Waals surface area contributed by atoms with Crippen molar-refractivity contribution in [3.8, 4) is 28.5 Å². The van der Waals surface area contributed by atoms with Crippen molar-refractivity contribution in [1.82, 2.24) is 15.1 Å². The van der Waals surface area contributed by atoms with Crippen molar-refractivity contribution in [1.29, 1.82) is 0 Å². The molecule has 178 valence electrons. The van der Waals surface area contributed by atoms with Crippen molar-refractivity contribution >= 4 is 11.7 Å². The molecule has 0 radical (unpaired) electrons. The lowest BCUT2D eigenvalue weighted by Gasteiger charge is -2.36. The van der Waals surface area contributed by atoms with Gasteiger partial charge in [0, 0.05) is 31.7 Å². The van der Waals surface area contributed by atoms with Crippen LogP contribution >= 0.6 is 0 Å². The fourth-order valence-electron chi connectivity index (χ4n) is 3.82. The Morgan fingerprint density at radius 3 is 2.24 bits per heavy atom. The molecule has 2 aromatic carbocycles. The summed E-state index contributed by atoms with van der Waals surface area (Å²) < 4.78 is 29.4. The van der Waals surface area contributed by atoms with Crippen LogP contribution in [0.5, 0.6) is 17.2 Å². The number of benzene rings is 2. The summed E-state index contributed by atoms with van der Waals surface area (Å²) in [5, 5.41) is 8.76. The van der Waals surface area contributed by atoms with E-state index in [1.807, 2.05) is 30.3 Å². The van der Waals surface area contributed by atoms with Gasteiger partial charge in [0.25, 0.3) is 5.91 Å². The third kappa shape index (κ3) is 5.19. The fraction of sp³-hybridized carbons (Fsp3) is 0.320. The molecule has 8 nitrogen and oxygen atoms in total. The number of ether oxygens (including phenoxy) is 3. The smallest absolute Gasteiger partial charge is 0.263 e. The number of amides is 1. The first kappa shape index (κ1) is 23.3. The molecule has 1 aromatic heterocycles. The fourth-order valence-corrected chi connectivity index (χ4v) is 3.82. The SMILES string of the molecule is COc1ccc(-c2ccc(N3CCN(C(=O)C(C)Oc4ccc(F)cc4)CC3)nn2)cc1OC. The van der Waals surface area contributed by atoms with E-state index in [2.05, 4.69) is 15.1 Å². The number of piperazine rings is 1. The van der Waals surface area contributed by atoms with Gasteiger partial charge in [0.15, 0.2) is 23.4 Å². The van der Waals surface area contributed by atoms with Crippen molar-refractivity contribution < 1.29 is 23.4 Å². The van der Waals surface area contributed by atoms with Crippen molar-refractivity contribution in [3.63, 3.8) is 0 Å². The minimum absolute atomic E-state index is 0.0983. The highest BCUT2D eigenvalue weighted by Crippen LogP contribution is 2.31. The zero-order valence-corrected chi connectivity index (χ0v) is 19.4. The van der Waals surface area contributed by atoms with Gasteiger partial charge in [-0.25, -0.2) is 4.39 Å². The molecule has 1 atom stereocenters. The van der Waals surface area contributed by atoms with E-state index in [-0.39, 0.29) is 11.7 Å². The first-order valence-electron chi connectivity index (χ1n) is 11.0. The van der Waals surface area contributed by atoms with Crippen molar-refractivity contribution in [2.45, 2.75) is 13.0 Å². The number of carbonyl (C=O) groups is 1. The van der Waals surface area contributed by atoms with Gasteiger partial charge in [-0.15, -0.1) is 10.2 Å². The number of aromatic nitrogens is 2. The van der Waals surface area contributed by atoms with Crippen LogP contribution in [-0.2, 0) is 4.79 Å². The van der Waals surface area contributed by atoms with Gasteiger partial charge >= 0.3 is 0 Å². The van der Waals surface area contributed by atoms with Crippen LogP contribution in [0.15, 0.2) is 54.6 Å². The van der Waals surface area contributed by atoms with E-state index in [4.69, 9.17) is 14.2 Å². The molecule has 34 heavy (non-hydrogen) atoms. The quantitative estimate of drug-likeness (QED) is 0.528. The third-order valence-electron chi connectivity index (χ3n) is 5.72. The van der Waals surface area contributed by atoms with Crippen LogP contribution in [0.4, 0.5) is 10.2 Å². The van der Waals surface area contributed by atoms with Gasteiger partial charge < -0.3 is 24.0 Å². The minimum Gasteiger partial charge on any atom is -0.493 e. The molecule has 1 aliphatic heterocycles. The van der Waals surface area contributed by atoms with Crippen LogP contribution < -0.4 is 19.1 Å². The molecule has 4 rings (SSSR count). The zero-order valence-electron chi connectivity index (χ0n) is 19.4. The number of halogens is 1. The molecule has 0 bridgehead atoms. The average molecular weight is 467 g/mol. The Kier molecular flexibility index (Phi) is 7.10. The average Bonchev–Trinajstić information content (AvgIpc) is 2.89. The molecule has 0 aliphatic carbocycles. The van der Waals surface area contributed by atoms with E-state index in [9.17, 15) is 9.18 Å². The highest BCUT2D eigenvalue weighted by atomic mass is 19.1. The Hall–Kier alpha value is -3.88. The van der Waals surface area contributed by atoms with Gasteiger partial charge in [-0.2, -0.15) is 0 Å². The second kappa shape index (κ2) is 10.4. The van der Waals surface area contributed by atoms with Crippen LogP contribution in [0.2, 0.25) is 0 Å². The van der Waals surface area contributed by atoms with E-state index < -0.39 is 6.10 Å². The number of methoxy groups -OCH3 is 2. The summed E-state index contributed by atoms with van der Waals surface area (Å²) in [6.45, 7) is 4.08. The van der Waals surface area contributed by atoms with Gasteiger partial charge in [0.1, 0.15) is 11.6 Å². The lowest BCUT2D eigenvalue weighted by atomic mass is 10.1. The normalized spacial score (nSPS) is 14.5. The molecule has 3 aromatic rings. The third-order valence-corrected chi connectivity index (χ3v) is 5.72. The van der Waals surface area contributed by atoms with Gasteiger partial charge in [-0.05, 0) is 61.5 Å². The number of hydrogen-bond acceptors (Lipinski definition) is 7. The molecule has 0 saturated carbocycles. The highest BCUT2D eigenvalue weighted by molar-refractivity contribution is 5.81. The maximum atomic E-state index is 13.1. The lowest BCUT2D eigenvalue weighted by molar-refractivity contribution is -0.138. The number of hydrogen-bond donors (Lipinski definition) is 0. The Morgan fingerprint density at radius 2 is 1.62 bits per heavy atom.